The van der Waals surface area contributed by atoms with Crippen molar-refractivity contribution in [2.45, 2.75) is 31.7 Å². The lowest BCUT2D eigenvalue weighted by Crippen LogP contribution is -2.51. The summed E-state index contributed by atoms with van der Waals surface area (Å²) in [6.07, 6.45) is 3.14. The Hall–Kier alpha value is -1.82. The third-order valence-electron chi connectivity index (χ3n) is 3.41. The smallest absolute Gasteiger partial charge is 0.275 e. The molecule has 1 aromatic carbocycles. The first-order valence-electron chi connectivity index (χ1n) is 6.47. The third-order valence-corrected chi connectivity index (χ3v) is 3.41. The second kappa shape index (κ2) is 5.44. The monoisotopic (exact) mass is 265 g/mol. The molecule has 1 saturated carbocycles. The average molecular weight is 265 g/mol. The number of nitro groups is 1. The van der Waals surface area contributed by atoms with Crippen molar-refractivity contribution < 1.29 is 9.66 Å². The fourth-order valence-electron chi connectivity index (χ4n) is 2.13. The predicted molar refractivity (Wildman–Crippen MR) is 73.5 cm³/mol. The Labute approximate surface area is 112 Å². The zero-order valence-corrected chi connectivity index (χ0v) is 11.0. The van der Waals surface area contributed by atoms with Crippen LogP contribution in [0.3, 0.4) is 0 Å². The first kappa shape index (κ1) is 13.6. The molecule has 1 aliphatic carbocycles. The highest BCUT2D eigenvalue weighted by Crippen LogP contribution is 2.31. The molecule has 0 bridgehead atoms. The minimum atomic E-state index is -0.421. The van der Waals surface area contributed by atoms with E-state index in [1.165, 1.54) is 12.1 Å². The van der Waals surface area contributed by atoms with Crippen molar-refractivity contribution in [2.75, 3.05) is 18.5 Å². The Morgan fingerprint density at radius 2 is 2.21 bits per heavy atom. The van der Waals surface area contributed by atoms with Crippen molar-refractivity contribution in [1.29, 1.82) is 0 Å². The summed E-state index contributed by atoms with van der Waals surface area (Å²) in [6, 6.07) is 4.69. The number of benzene rings is 1. The van der Waals surface area contributed by atoms with Gasteiger partial charge in [-0.1, -0.05) is 0 Å². The molecule has 2 rings (SSSR count). The van der Waals surface area contributed by atoms with Crippen LogP contribution in [0.15, 0.2) is 18.2 Å². The maximum atomic E-state index is 10.9. The van der Waals surface area contributed by atoms with E-state index >= 15 is 0 Å². The molecule has 0 spiro atoms. The van der Waals surface area contributed by atoms with E-state index < -0.39 is 4.92 Å². The molecule has 6 nitrogen and oxygen atoms in total. The van der Waals surface area contributed by atoms with Crippen molar-refractivity contribution in [3.05, 3.63) is 28.3 Å². The molecule has 0 unspecified atom stereocenters. The largest absolute Gasteiger partial charge is 0.494 e. The van der Waals surface area contributed by atoms with Gasteiger partial charge >= 0.3 is 0 Å². The van der Waals surface area contributed by atoms with Gasteiger partial charge in [-0.25, -0.2) is 0 Å². The van der Waals surface area contributed by atoms with Gasteiger partial charge in [-0.3, -0.25) is 10.1 Å². The summed E-state index contributed by atoms with van der Waals surface area (Å²) in [7, 11) is 0. The highest BCUT2D eigenvalue weighted by atomic mass is 16.6. The molecule has 1 aromatic rings. The van der Waals surface area contributed by atoms with Gasteiger partial charge in [-0.05, 0) is 26.2 Å². The van der Waals surface area contributed by atoms with Gasteiger partial charge < -0.3 is 15.8 Å². The van der Waals surface area contributed by atoms with Crippen molar-refractivity contribution in [3.63, 3.8) is 0 Å². The maximum Gasteiger partial charge on any atom is 0.275 e. The van der Waals surface area contributed by atoms with E-state index in [-0.39, 0.29) is 11.2 Å². The minimum Gasteiger partial charge on any atom is -0.494 e. The molecule has 0 radical (unpaired) electrons. The Bertz CT molecular complexity index is 472. The van der Waals surface area contributed by atoms with Crippen LogP contribution in [0.5, 0.6) is 5.75 Å². The summed E-state index contributed by atoms with van der Waals surface area (Å²) in [5, 5.41) is 14.0. The quantitative estimate of drug-likeness (QED) is 0.608. The van der Waals surface area contributed by atoms with Crippen LogP contribution in [-0.4, -0.2) is 23.6 Å². The van der Waals surface area contributed by atoms with Crippen LogP contribution >= 0.6 is 0 Å². The summed E-state index contributed by atoms with van der Waals surface area (Å²) in [5.74, 6) is 0.499. The Kier molecular flexibility index (Phi) is 3.90. The number of non-ortho nitro benzene ring substituents is 1. The molecule has 1 aliphatic rings. The van der Waals surface area contributed by atoms with E-state index in [2.05, 4.69) is 5.32 Å². The molecule has 6 heteroatoms. The fraction of sp³-hybridized carbons (Fsp3) is 0.538. The van der Waals surface area contributed by atoms with Gasteiger partial charge in [-0.15, -0.1) is 0 Å². The standard InChI is InChI=1S/C13H19N3O3/c1-2-19-12-7-10(6-11(8-12)16(17)18)15-9-13(14)4-3-5-13/h6-8,15H,2-5,9,14H2,1H3. The van der Waals surface area contributed by atoms with E-state index in [4.69, 9.17) is 10.5 Å². The van der Waals surface area contributed by atoms with Gasteiger partial charge in [0.1, 0.15) is 5.75 Å². The van der Waals surface area contributed by atoms with Crippen molar-refractivity contribution in [1.82, 2.24) is 0 Å². The summed E-state index contributed by atoms with van der Waals surface area (Å²) < 4.78 is 5.33. The molecular formula is C13H19N3O3. The molecule has 0 saturated heterocycles. The summed E-state index contributed by atoms with van der Waals surface area (Å²) in [4.78, 5) is 10.5. The lowest BCUT2D eigenvalue weighted by molar-refractivity contribution is -0.384. The second-order valence-corrected chi connectivity index (χ2v) is 4.98. The summed E-state index contributed by atoms with van der Waals surface area (Å²) >= 11 is 0. The lowest BCUT2D eigenvalue weighted by Gasteiger charge is -2.38. The first-order valence-corrected chi connectivity index (χ1v) is 6.47. The minimum absolute atomic E-state index is 0.0214. The molecule has 0 heterocycles. The van der Waals surface area contributed by atoms with E-state index in [1.54, 1.807) is 6.07 Å². The average Bonchev–Trinajstić information content (AvgIpc) is 2.34. The fourth-order valence-corrected chi connectivity index (χ4v) is 2.13. The number of nitro benzene ring substituents is 1. The Morgan fingerprint density at radius 3 is 2.74 bits per heavy atom. The van der Waals surface area contributed by atoms with Crippen LogP contribution in [0, 0.1) is 10.1 Å². The van der Waals surface area contributed by atoms with E-state index in [1.807, 2.05) is 6.92 Å². The van der Waals surface area contributed by atoms with Gasteiger partial charge in [0.25, 0.3) is 5.69 Å². The SMILES string of the molecule is CCOc1cc(NCC2(N)CCC2)cc([N+](=O)[O-])c1. The summed E-state index contributed by atoms with van der Waals surface area (Å²) in [6.45, 7) is 2.94. The van der Waals surface area contributed by atoms with Crippen LogP contribution in [0.1, 0.15) is 26.2 Å². The molecule has 1 fully saturated rings. The van der Waals surface area contributed by atoms with Crippen LogP contribution in [0.4, 0.5) is 11.4 Å². The normalized spacial score (nSPS) is 16.5. The summed E-state index contributed by atoms with van der Waals surface area (Å²) in [5.41, 5.74) is 6.64. The van der Waals surface area contributed by atoms with Gasteiger partial charge in [0.05, 0.1) is 17.6 Å². The molecular weight excluding hydrogens is 246 g/mol. The lowest BCUT2D eigenvalue weighted by atomic mass is 9.78. The third kappa shape index (κ3) is 3.35. The highest BCUT2D eigenvalue weighted by molar-refractivity contribution is 5.56. The number of hydrogen-bond acceptors (Lipinski definition) is 5. The number of nitrogens with zero attached hydrogens (tertiary/aromatic N) is 1. The zero-order chi connectivity index (χ0) is 13.9. The zero-order valence-electron chi connectivity index (χ0n) is 11.0. The number of nitrogens with one attached hydrogen (secondary N) is 1. The van der Waals surface area contributed by atoms with Crippen molar-refractivity contribution in [2.24, 2.45) is 5.73 Å². The topological polar surface area (TPSA) is 90.4 Å². The number of rotatable bonds is 6. The highest BCUT2D eigenvalue weighted by Gasteiger charge is 2.32. The van der Waals surface area contributed by atoms with E-state index in [0.29, 0.717) is 24.6 Å². The number of hydrogen-bond donors (Lipinski definition) is 2. The Morgan fingerprint density at radius 1 is 1.47 bits per heavy atom. The van der Waals surface area contributed by atoms with Gasteiger partial charge in [-0.2, -0.15) is 0 Å². The molecule has 0 aromatic heterocycles. The molecule has 0 aliphatic heterocycles. The van der Waals surface area contributed by atoms with E-state index in [9.17, 15) is 10.1 Å². The van der Waals surface area contributed by atoms with Crippen LogP contribution in [0.25, 0.3) is 0 Å². The van der Waals surface area contributed by atoms with Gasteiger partial charge in [0.15, 0.2) is 0 Å². The van der Waals surface area contributed by atoms with Crippen molar-refractivity contribution >= 4 is 11.4 Å². The number of anilines is 1. The molecule has 19 heavy (non-hydrogen) atoms. The second-order valence-electron chi connectivity index (χ2n) is 4.98. The predicted octanol–water partition coefficient (Wildman–Crippen LogP) is 2.29. The molecule has 3 N–H and O–H groups in total. The van der Waals surface area contributed by atoms with Crippen molar-refractivity contribution in [3.8, 4) is 5.75 Å². The molecule has 0 amide bonds. The van der Waals surface area contributed by atoms with E-state index in [0.717, 1.165) is 19.3 Å². The van der Waals surface area contributed by atoms with Gasteiger partial charge in [0, 0.05) is 29.9 Å². The van der Waals surface area contributed by atoms with Crippen LogP contribution in [0.2, 0.25) is 0 Å². The number of nitrogens with two attached hydrogens (primary N) is 1. The van der Waals surface area contributed by atoms with Crippen LogP contribution in [-0.2, 0) is 0 Å². The maximum absolute atomic E-state index is 10.9. The van der Waals surface area contributed by atoms with Crippen LogP contribution < -0.4 is 15.8 Å². The molecule has 0 atom stereocenters. The molecule has 104 valence electrons. The van der Waals surface area contributed by atoms with Gasteiger partial charge in [0.2, 0.25) is 0 Å². The Balaban J connectivity index is 2.11. The number of ether oxygens (including phenoxy) is 1. The first-order chi connectivity index (χ1) is 9.02.